The van der Waals surface area contributed by atoms with Gasteiger partial charge in [-0.3, -0.25) is 9.59 Å². The molecule has 2 aromatic carbocycles. The number of rotatable bonds is 7. The van der Waals surface area contributed by atoms with Gasteiger partial charge in [-0.05, 0) is 56.0 Å². The van der Waals surface area contributed by atoms with Crippen molar-refractivity contribution in [2.24, 2.45) is 5.92 Å². The van der Waals surface area contributed by atoms with Gasteiger partial charge in [-0.15, -0.1) is 0 Å². The van der Waals surface area contributed by atoms with Crippen LogP contribution in [0.25, 0.3) is 0 Å². The summed E-state index contributed by atoms with van der Waals surface area (Å²) in [6, 6.07) is 10.1. The van der Waals surface area contributed by atoms with E-state index in [1.165, 1.54) is 25.1 Å². The van der Waals surface area contributed by atoms with Crippen molar-refractivity contribution in [1.29, 1.82) is 0 Å². The van der Waals surface area contributed by atoms with E-state index in [2.05, 4.69) is 10.6 Å². The zero-order chi connectivity index (χ0) is 22.4. The standard InChI is InChI=1S/C23H27FN2O4/c1-13(2)20(26-22(28)17-8-6-7-9-18(17)24)23(29)30-16(5)21(27)25-19-12-14(3)10-11-15(19)4/h6-13,16,20H,1-5H3,(H,25,27)(H,26,28)/t16-,20+/m1/s1. The van der Waals surface area contributed by atoms with Crippen molar-refractivity contribution in [2.75, 3.05) is 5.32 Å². The maximum atomic E-state index is 13.8. The van der Waals surface area contributed by atoms with Gasteiger partial charge in [-0.1, -0.05) is 38.1 Å². The minimum Gasteiger partial charge on any atom is -0.451 e. The second-order valence-corrected chi connectivity index (χ2v) is 7.56. The minimum atomic E-state index is -1.08. The summed E-state index contributed by atoms with van der Waals surface area (Å²) in [5.74, 6) is -3.00. The number of carbonyl (C=O) groups excluding carboxylic acids is 3. The summed E-state index contributed by atoms with van der Waals surface area (Å²) in [7, 11) is 0. The fourth-order valence-corrected chi connectivity index (χ4v) is 2.77. The molecule has 0 heterocycles. The summed E-state index contributed by atoms with van der Waals surface area (Å²) in [6.07, 6.45) is -1.08. The van der Waals surface area contributed by atoms with E-state index in [9.17, 15) is 18.8 Å². The Hall–Kier alpha value is -3.22. The van der Waals surface area contributed by atoms with Gasteiger partial charge in [0.15, 0.2) is 6.10 Å². The van der Waals surface area contributed by atoms with Gasteiger partial charge in [0.05, 0.1) is 5.56 Å². The molecule has 2 rings (SSSR count). The number of ether oxygens (including phenoxy) is 1. The first-order valence-electron chi connectivity index (χ1n) is 9.74. The smallest absolute Gasteiger partial charge is 0.329 e. The average Bonchev–Trinajstić information content (AvgIpc) is 2.68. The fraction of sp³-hybridized carbons (Fsp3) is 0.348. The maximum absolute atomic E-state index is 13.8. The van der Waals surface area contributed by atoms with Crippen LogP contribution >= 0.6 is 0 Å². The Balaban J connectivity index is 2.05. The first kappa shape index (κ1) is 23.1. The molecule has 0 bridgehead atoms. The summed E-state index contributed by atoms with van der Waals surface area (Å²) in [4.78, 5) is 37.5. The Bertz CT molecular complexity index is 943. The van der Waals surface area contributed by atoms with Crippen LogP contribution in [0.2, 0.25) is 0 Å². The van der Waals surface area contributed by atoms with Crippen molar-refractivity contribution >= 4 is 23.5 Å². The van der Waals surface area contributed by atoms with Crippen molar-refractivity contribution in [3.63, 3.8) is 0 Å². The summed E-state index contributed by atoms with van der Waals surface area (Å²) in [6.45, 7) is 8.65. The van der Waals surface area contributed by atoms with Crippen molar-refractivity contribution in [1.82, 2.24) is 5.32 Å². The van der Waals surface area contributed by atoms with Crippen LogP contribution in [0.1, 0.15) is 42.3 Å². The van der Waals surface area contributed by atoms with Crippen LogP contribution in [0.3, 0.4) is 0 Å². The number of esters is 1. The van der Waals surface area contributed by atoms with Gasteiger partial charge in [0.1, 0.15) is 11.9 Å². The molecule has 0 saturated carbocycles. The molecular formula is C23H27FN2O4. The van der Waals surface area contributed by atoms with E-state index in [1.54, 1.807) is 13.8 Å². The Morgan fingerprint density at radius 2 is 1.67 bits per heavy atom. The molecule has 30 heavy (non-hydrogen) atoms. The molecule has 6 nitrogen and oxygen atoms in total. The molecule has 0 spiro atoms. The third kappa shape index (κ3) is 5.89. The van der Waals surface area contributed by atoms with Crippen molar-refractivity contribution in [2.45, 2.75) is 46.8 Å². The summed E-state index contributed by atoms with van der Waals surface area (Å²) < 4.78 is 19.1. The number of aryl methyl sites for hydroxylation is 2. The predicted molar refractivity (Wildman–Crippen MR) is 113 cm³/mol. The van der Waals surface area contributed by atoms with E-state index >= 15 is 0 Å². The first-order valence-corrected chi connectivity index (χ1v) is 9.74. The van der Waals surface area contributed by atoms with Gasteiger partial charge in [-0.25, -0.2) is 9.18 Å². The lowest BCUT2D eigenvalue weighted by atomic mass is 10.0. The minimum absolute atomic E-state index is 0.170. The Morgan fingerprint density at radius 1 is 1.00 bits per heavy atom. The lowest BCUT2D eigenvalue weighted by Crippen LogP contribution is -2.47. The lowest BCUT2D eigenvalue weighted by molar-refractivity contribution is -0.156. The van der Waals surface area contributed by atoms with Gasteiger partial charge in [0, 0.05) is 5.69 Å². The molecule has 7 heteroatoms. The Kier molecular flexibility index (Phi) is 7.69. The highest BCUT2D eigenvalue weighted by Crippen LogP contribution is 2.17. The molecule has 0 aliphatic carbocycles. The van der Waals surface area contributed by atoms with Crippen molar-refractivity contribution in [3.8, 4) is 0 Å². The van der Waals surface area contributed by atoms with Crippen LogP contribution in [-0.4, -0.2) is 29.9 Å². The highest BCUT2D eigenvalue weighted by Gasteiger charge is 2.30. The normalized spacial score (nSPS) is 12.8. The number of nitrogens with one attached hydrogen (secondary N) is 2. The van der Waals surface area contributed by atoms with Gasteiger partial charge in [0.25, 0.3) is 11.8 Å². The van der Waals surface area contributed by atoms with Gasteiger partial charge < -0.3 is 15.4 Å². The second kappa shape index (κ2) is 10.0. The molecule has 0 saturated heterocycles. The molecule has 0 aliphatic heterocycles. The topological polar surface area (TPSA) is 84.5 Å². The van der Waals surface area contributed by atoms with E-state index in [-0.39, 0.29) is 11.5 Å². The van der Waals surface area contributed by atoms with Gasteiger partial charge >= 0.3 is 5.97 Å². The molecule has 0 radical (unpaired) electrons. The quantitative estimate of drug-likeness (QED) is 0.676. The Morgan fingerprint density at radius 3 is 2.30 bits per heavy atom. The van der Waals surface area contributed by atoms with Gasteiger partial charge in [0.2, 0.25) is 0 Å². The third-order valence-electron chi connectivity index (χ3n) is 4.64. The largest absolute Gasteiger partial charge is 0.451 e. The zero-order valence-corrected chi connectivity index (χ0v) is 17.8. The first-order chi connectivity index (χ1) is 14.1. The number of halogens is 1. The van der Waals surface area contributed by atoms with Crippen LogP contribution in [0.5, 0.6) is 0 Å². The van der Waals surface area contributed by atoms with Gasteiger partial charge in [-0.2, -0.15) is 0 Å². The highest BCUT2D eigenvalue weighted by atomic mass is 19.1. The lowest BCUT2D eigenvalue weighted by Gasteiger charge is -2.23. The number of amides is 2. The molecule has 2 amide bonds. The molecular weight excluding hydrogens is 387 g/mol. The van der Waals surface area contributed by atoms with Crippen molar-refractivity contribution < 1.29 is 23.5 Å². The third-order valence-corrected chi connectivity index (χ3v) is 4.64. The number of anilines is 1. The van der Waals surface area contributed by atoms with Crippen LogP contribution in [0.4, 0.5) is 10.1 Å². The SMILES string of the molecule is Cc1ccc(C)c(NC(=O)[C@@H](C)OC(=O)[C@@H](NC(=O)c2ccccc2F)C(C)C)c1. The van der Waals surface area contributed by atoms with Crippen LogP contribution in [0.15, 0.2) is 42.5 Å². The van der Waals surface area contributed by atoms with Crippen molar-refractivity contribution in [3.05, 3.63) is 65.0 Å². The number of carbonyl (C=O) groups is 3. The molecule has 2 N–H and O–H groups in total. The van der Waals surface area contributed by atoms with E-state index < -0.39 is 35.7 Å². The summed E-state index contributed by atoms with van der Waals surface area (Å²) in [5, 5.41) is 5.24. The molecule has 160 valence electrons. The van der Waals surface area contributed by atoms with Crippen LogP contribution in [-0.2, 0) is 14.3 Å². The monoisotopic (exact) mass is 414 g/mol. The zero-order valence-electron chi connectivity index (χ0n) is 17.8. The fourth-order valence-electron chi connectivity index (χ4n) is 2.77. The number of benzene rings is 2. The predicted octanol–water partition coefficient (Wildman–Crippen LogP) is 3.77. The molecule has 2 atom stereocenters. The number of hydrogen-bond acceptors (Lipinski definition) is 4. The Labute approximate surface area is 175 Å². The average molecular weight is 414 g/mol. The molecule has 0 aromatic heterocycles. The maximum Gasteiger partial charge on any atom is 0.329 e. The van der Waals surface area contributed by atoms with E-state index in [1.807, 2.05) is 32.0 Å². The highest BCUT2D eigenvalue weighted by molar-refractivity contribution is 5.98. The number of hydrogen-bond donors (Lipinski definition) is 2. The van der Waals surface area contributed by atoms with E-state index in [0.29, 0.717) is 5.69 Å². The second-order valence-electron chi connectivity index (χ2n) is 7.56. The molecule has 0 unspecified atom stereocenters. The molecule has 2 aromatic rings. The van der Waals surface area contributed by atoms with E-state index in [4.69, 9.17) is 4.74 Å². The molecule has 0 fully saturated rings. The summed E-state index contributed by atoms with van der Waals surface area (Å²) in [5.41, 5.74) is 2.33. The van der Waals surface area contributed by atoms with Crippen LogP contribution in [0, 0.1) is 25.6 Å². The van der Waals surface area contributed by atoms with E-state index in [0.717, 1.165) is 17.2 Å². The summed E-state index contributed by atoms with van der Waals surface area (Å²) >= 11 is 0. The van der Waals surface area contributed by atoms with Crippen LogP contribution < -0.4 is 10.6 Å². The molecule has 0 aliphatic rings.